The zero-order valence-corrected chi connectivity index (χ0v) is 8.53. The zero-order chi connectivity index (χ0) is 12.3. The van der Waals surface area contributed by atoms with Crippen LogP contribution in [-0.2, 0) is 4.79 Å². The first-order valence-corrected chi connectivity index (χ1v) is 4.51. The lowest BCUT2D eigenvalue weighted by Gasteiger charge is -2.10. The number of carboxylic acids is 1. The van der Waals surface area contributed by atoms with Gasteiger partial charge in [-0.25, -0.2) is 9.18 Å². The highest BCUT2D eigenvalue weighted by Gasteiger charge is 2.15. The number of nitrogens with two attached hydrogens (primary N) is 1. The molecule has 0 fully saturated rings. The van der Waals surface area contributed by atoms with Crippen molar-refractivity contribution in [2.24, 2.45) is 5.73 Å². The lowest BCUT2D eigenvalue weighted by molar-refractivity contribution is -0.117. The third kappa shape index (κ3) is 2.77. The molecule has 86 valence electrons. The van der Waals surface area contributed by atoms with E-state index in [-0.39, 0.29) is 11.3 Å². The molecular weight excluding hydrogens is 215 g/mol. The first-order chi connectivity index (χ1) is 7.41. The summed E-state index contributed by atoms with van der Waals surface area (Å²) in [6.07, 6.45) is 0. The van der Waals surface area contributed by atoms with E-state index in [1.807, 2.05) is 0 Å². The number of carbonyl (C=O) groups is 2. The first kappa shape index (κ1) is 12.1. The Kier molecular flexibility index (Phi) is 3.57. The van der Waals surface area contributed by atoms with Gasteiger partial charge < -0.3 is 16.2 Å². The second-order valence-corrected chi connectivity index (χ2v) is 3.27. The molecule has 6 heteroatoms. The minimum Gasteiger partial charge on any atom is -0.478 e. The molecule has 1 aromatic carbocycles. The number of aromatic carboxylic acids is 1. The van der Waals surface area contributed by atoms with Gasteiger partial charge >= 0.3 is 5.97 Å². The second kappa shape index (κ2) is 4.71. The predicted molar refractivity (Wildman–Crippen MR) is 55.6 cm³/mol. The number of benzene rings is 1. The number of amides is 1. The average molecular weight is 226 g/mol. The molecule has 1 rings (SSSR count). The molecule has 0 saturated heterocycles. The molecule has 0 spiro atoms. The van der Waals surface area contributed by atoms with Crippen molar-refractivity contribution in [3.8, 4) is 0 Å². The lowest BCUT2D eigenvalue weighted by Crippen LogP contribution is -2.33. The van der Waals surface area contributed by atoms with Gasteiger partial charge in [0.25, 0.3) is 0 Å². The van der Waals surface area contributed by atoms with Crippen LogP contribution in [0.15, 0.2) is 18.2 Å². The third-order valence-electron chi connectivity index (χ3n) is 1.88. The van der Waals surface area contributed by atoms with E-state index < -0.39 is 23.7 Å². The van der Waals surface area contributed by atoms with E-state index in [1.165, 1.54) is 13.0 Å². The normalized spacial score (nSPS) is 11.9. The highest BCUT2D eigenvalue weighted by molar-refractivity contribution is 6.01. The van der Waals surface area contributed by atoms with Crippen LogP contribution in [0.2, 0.25) is 0 Å². The van der Waals surface area contributed by atoms with Crippen molar-refractivity contribution in [1.82, 2.24) is 0 Å². The van der Waals surface area contributed by atoms with E-state index in [1.54, 1.807) is 0 Å². The summed E-state index contributed by atoms with van der Waals surface area (Å²) < 4.78 is 12.8. The molecular formula is C10H11FN2O3. The van der Waals surface area contributed by atoms with Gasteiger partial charge in [0, 0.05) is 0 Å². The standard InChI is InChI=1S/C10H11FN2O3/c1-5(12)9(14)13-8-3-2-6(11)4-7(8)10(15)16/h2-5H,12H2,1H3,(H,13,14)(H,15,16)/t5-/m1/s1. The van der Waals surface area contributed by atoms with Crippen LogP contribution >= 0.6 is 0 Å². The molecule has 1 atom stereocenters. The molecule has 1 amide bonds. The van der Waals surface area contributed by atoms with Crippen molar-refractivity contribution in [3.63, 3.8) is 0 Å². The van der Waals surface area contributed by atoms with Crippen molar-refractivity contribution >= 4 is 17.6 Å². The highest BCUT2D eigenvalue weighted by atomic mass is 19.1. The fraction of sp³-hybridized carbons (Fsp3) is 0.200. The molecule has 0 bridgehead atoms. The average Bonchev–Trinajstić information content (AvgIpc) is 2.20. The Morgan fingerprint density at radius 1 is 1.50 bits per heavy atom. The Bertz CT molecular complexity index is 432. The molecule has 0 aliphatic carbocycles. The van der Waals surface area contributed by atoms with Crippen LogP contribution in [0.5, 0.6) is 0 Å². The summed E-state index contributed by atoms with van der Waals surface area (Å²) in [7, 11) is 0. The first-order valence-electron chi connectivity index (χ1n) is 4.51. The van der Waals surface area contributed by atoms with Gasteiger partial charge in [0.2, 0.25) is 5.91 Å². The summed E-state index contributed by atoms with van der Waals surface area (Å²) in [5, 5.41) is 11.1. The van der Waals surface area contributed by atoms with Gasteiger partial charge in [0.05, 0.1) is 17.3 Å². The van der Waals surface area contributed by atoms with E-state index >= 15 is 0 Å². The molecule has 0 unspecified atom stereocenters. The third-order valence-corrected chi connectivity index (χ3v) is 1.88. The fourth-order valence-corrected chi connectivity index (χ4v) is 1.05. The van der Waals surface area contributed by atoms with Crippen LogP contribution in [0.4, 0.5) is 10.1 Å². The van der Waals surface area contributed by atoms with Crippen molar-refractivity contribution in [1.29, 1.82) is 0 Å². The number of rotatable bonds is 3. The summed E-state index contributed by atoms with van der Waals surface area (Å²) in [5.41, 5.74) is 5.02. The van der Waals surface area contributed by atoms with Crippen LogP contribution in [0.1, 0.15) is 17.3 Å². The molecule has 0 aliphatic rings. The van der Waals surface area contributed by atoms with Crippen LogP contribution in [0.25, 0.3) is 0 Å². The Morgan fingerprint density at radius 2 is 2.12 bits per heavy atom. The number of hydrogen-bond acceptors (Lipinski definition) is 3. The van der Waals surface area contributed by atoms with E-state index in [2.05, 4.69) is 5.32 Å². The van der Waals surface area contributed by atoms with Gasteiger partial charge in [-0.05, 0) is 25.1 Å². The summed E-state index contributed by atoms with van der Waals surface area (Å²) >= 11 is 0. The highest BCUT2D eigenvalue weighted by Crippen LogP contribution is 2.17. The van der Waals surface area contributed by atoms with E-state index in [0.717, 1.165) is 12.1 Å². The fourth-order valence-electron chi connectivity index (χ4n) is 1.05. The molecule has 5 nitrogen and oxygen atoms in total. The van der Waals surface area contributed by atoms with Crippen molar-refractivity contribution in [2.75, 3.05) is 5.32 Å². The van der Waals surface area contributed by atoms with Crippen LogP contribution in [-0.4, -0.2) is 23.0 Å². The van der Waals surface area contributed by atoms with Crippen molar-refractivity contribution in [3.05, 3.63) is 29.6 Å². The summed E-state index contributed by atoms with van der Waals surface area (Å²) in [6.45, 7) is 1.46. The topological polar surface area (TPSA) is 92.4 Å². The van der Waals surface area contributed by atoms with E-state index in [9.17, 15) is 14.0 Å². The minimum atomic E-state index is -1.32. The number of hydrogen-bond donors (Lipinski definition) is 3. The number of carbonyl (C=O) groups excluding carboxylic acids is 1. The Morgan fingerprint density at radius 3 is 2.62 bits per heavy atom. The Hall–Kier alpha value is -1.95. The van der Waals surface area contributed by atoms with Crippen molar-refractivity contribution < 1.29 is 19.1 Å². The van der Waals surface area contributed by atoms with Crippen molar-refractivity contribution in [2.45, 2.75) is 13.0 Å². The van der Waals surface area contributed by atoms with Gasteiger partial charge in [0.15, 0.2) is 0 Å². The quantitative estimate of drug-likeness (QED) is 0.711. The zero-order valence-electron chi connectivity index (χ0n) is 8.53. The van der Waals surface area contributed by atoms with Gasteiger partial charge in [0.1, 0.15) is 5.82 Å². The maximum atomic E-state index is 12.8. The smallest absolute Gasteiger partial charge is 0.337 e. The van der Waals surface area contributed by atoms with Crippen LogP contribution in [0.3, 0.4) is 0 Å². The maximum Gasteiger partial charge on any atom is 0.337 e. The Balaban J connectivity index is 3.04. The number of halogens is 1. The van der Waals surface area contributed by atoms with Crippen LogP contribution < -0.4 is 11.1 Å². The van der Waals surface area contributed by atoms with E-state index in [4.69, 9.17) is 10.8 Å². The molecule has 0 saturated carbocycles. The summed E-state index contributed by atoms with van der Waals surface area (Å²) in [6, 6.07) is 2.30. The molecule has 0 aliphatic heterocycles. The molecule has 4 N–H and O–H groups in total. The predicted octanol–water partition coefficient (Wildman–Crippen LogP) is 0.810. The minimum absolute atomic E-state index is 0.0243. The Labute approximate surface area is 91.1 Å². The number of anilines is 1. The summed E-state index contributed by atoms with van der Waals surface area (Å²) in [4.78, 5) is 22.0. The molecule has 0 heterocycles. The largest absolute Gasteiger partial charge is 0.478 e. The molecule has 0 radical (unpaired) electrons. The van der Waals surface area contributed by atoms with Gasteiger partial charge in [-0.15, -0.1) is 0 Å². The number of carboxylic acid groups (broad SMARTS) is 1. The molecule has 16 heavy (non-hydrogen) atoms. The molecule has 1 aromatic rings. The van der Waals surface area contributed by atoms with E-state index in [0.29, 0.717) is 0 Å². The van der Waals surface area contributed by atoms with Gasteiger partial charge in [-0.3, -0.25) is 4.79 Å². The molecule has 0 aromatic heterocycles. The SMILES string of the molecule is C[C@@H](N)C(=O)Nc1ccc(F)cc1C(=O)O. The van der Waals surface area contributed by atoms with Gasteiger partial charge in [-0.1, -0.05) is 0 Å². The monoisotopic (exact) mass is 226 g/mol. The van der Waals surface area contributed by atoms with Gasteiger partial charge in [-0.2, -0.15) is 0 Å². The summed E-state index contributed by atoms with van der Waals surface area (Å²) in [5.74, 6) is -2.54. The van der Waals surface area contributed by atoms with Crippen LogP contribution in [0, 0.1) is 5.82 Å². The lowest BCUT2D eigenvalue weighted by atomic mass is 10.1. The number of nitrogens with one attached hydrogen (secondary N) is 1. The second-order valence-electron chi connectivity index (χ2n) is 3.27. The maximum absolute atomic E-state index is 12.8.